The summed E-state index contributed by atoms with van der Waals surface area (Å²) >= 11 is 5.83. The topological polar surface area (TPSA) is 74.2 Å². The Balaban J connectivity index is 1.95. The van der Waals surface area contributed by atoms with E-state index in [1.54, 1.807) is 12.1 Å². The van der Waals surface area contributed by atoms with Crippen LogP contribution in [0.25, 0.3) is 0 Å². The van der Waals surface area contributed by atoms with E-state index in [4.69, 9.17) is 11.6 Å². The molecule has 3 N–H and O–H groups in total. The van der Waals surface area contributed by atoms with Crippen molar-refractivity contribution in [2.75, 3.05) is 11.9 Å². The highest BCUT2D eigenvalue weighted by Gasteiger charge is 2.24. The molecule has 2 aromatic rings. The molecule has 7 heteroatoms. The van der Waals surface area contributed by atoms with Crippen molar-refractivity contribution in [1.82, 2.24) is 10.3 Å². The van der Waals surface area contributed by atoms with E-state index in [-0.39, 0.29) is 11.7 Å². The number of nitrogens with one attached hydrogen (secondary N) is 2. The summed E-state index contributed by atoms with van der Waals surface area (Å²) in [7, 11) is 0. The van der Waals surface area contributed by atoms with Crippen molar-refractivity contribution >= 4 is 23.3 Å². The predicted octanol–water partition coefficient (Wildman–Crippen LogP) is 2.90. The summed E-state index contributed by atoms with van der Waals surface area (Å²) < 4.78 is 12.9. The van der Waals surface area contributed by atoms with Crippen molar-refractivity contribution in [1.29, 1.82) is 0 Å². The van der Waals surface area contributed by atoms with Gasteiger partial charge >= 0.3 is 6.03 Å². The number of nitrogens with zero attached hydrogens (tertiary/aromatic N) is 1. The van der Waals surface area contributed by atoms with Gasteiger partial charge in [0.15, 0.2) is 5.15 Å². The van der Waals surface area contributed by atoms with Gasteiger partial charge in [0.05, 0.1) is 12.2 Å². The molecule has 0 fully saturated rings. The van der Waals surface area contributed by atoms with Crippen LogP contribution >= 0.6 is 11.6 Å². The minimum atomic E-state index is -1.33. The Labute approximate surface area is 132 Å². The van der Waals surface area contributed by atoms with Crippen LogP contribution in [0.1, 0.15) is 12.5 Å². The maximum atomic E-state index is 12.9. The lowest BCUT2D eigenvalue weighted by molar-refractivity contribution is 0.0599. The maximum Gasteiger partial charge on any atom is 0.319 e. The molecular formula is C15H15ClFN3O2. The molecule has 1 atom stereocenters. The van der Waals surface area contributed by atoms with Crippen molar-refractivity contribution in [2.45, 2.75) is 12.5 Å². The SMILES string of the molecule is CC(O)(CNC(=O)Nc1cccnc1Cl)c1ccc(F)cc1. The van der Waals surface area contributed by atoms with Gasteiger partial charge in [-0.05, 0) is 36.8 Å². The molecule has 22 heavy (non-hydrogen) atoms. The van der Waals surface area contributed by atoms with E-state index in [1.165, 1.54) is 37.4 Å². The highest BCUT2D eigenvalue weighted by molar-refractivity contribution is 6.32. The van der Waals surface area contributed by atoms with Crippen LogP contribution in [0, 0.1) is 5.82 Å². The molecule has 0 radical (unpaired) electrons. The molecule has 1 unspecified atom stereocenters. The molecule has 5 nitrogen and oxygen atoms in total. The lowest BCUT2D eigenvalue weighted by Gasteiger charge is -2.24. The van der Waals surface area contributed by atoms with E-state index in [0.717, 1.165) is 0 Å². The Kier molecular flexibility index (Phi) is 4.95. The lowest BCUT2D eigenvalue weighted by atomic mass is 9.96. The second-order valence-electron chi connectivity index (χ2n) is 4.93. The molecule has 0 aliphatic heterocycles. The number of anilines is 1. The molecule has 0 saturated heterocycles. The largest absolute Gasteiger partial charge is 0.384 e. The first kappa shape index (κ1) is 16.2. The third-order valence-electron chi connectivity index (χ3n) is 3.07. The third-order valence-corrected chi connectivity index (χ3v) is 3.37. The number of aromatic nitrogens is 1. The minimum Gasteiger partial charge on any atom is -0.384 e. The number of hydrogen-bond donors (Lipinski definition) is 3. The molecule has 0 saturated carbocycles. The van der Waals surface area contributed by atoms with Crippen molar-refractivity contribution < 1.29 is 14.3 Å². The lowest BCUT2D eigenvalue weighted by Crippen LogP contribution is -2.40. The van der Waals surface area contributed by atoms with Gasteiger partial charge in [0.25, 0.3) is 0 Å². The molecule has 1 aromatic carbocycles. The number of halogens is 2. The Morgan fingerprint density at radius 2 is 2.05 bits per heavy atom. The molecule has 0 aliphatic rings. The fourth-order valence-corrected chi connectivity index (χ4v) is 1.98. The predicted molar refractivity (Wildman–Crippen MR) is 82.2 cm³/mol. The van der Waals surface area contributed by atoms with E-state index in [9.17, 15) is 14.3 Å². The zero-order valence-electron chi connectivity index (χ0n) is 11.8. The van der Waals surface area contributed by atoms with Gasteiger partial charge < -0.3 is 15.7 Å². The first-order valence-electron chi connectivity index (χ1n) is 6.52. The monoisotopic (exact) mass is 323 g/mol. The van der Waals surface area contributed by atoms with Gasteiger partial charge in [-0.1, -0.05) is 23.7 Å². The van der Waals surface area contributed by atoms with Crippen LogP contribution in [0.3, 0.4) is 0 Å². The van der Waals surface area contributed by atoms with Gasteiger partial charge in [-0.3, -0.25) is 0 Å². The zero-order chi connectivity index (χ0) is 16.2. The number of carbonyl (C=O) groups is 1. The number of amides is 2. The molecule has 1 aromatic heterocycles. The number of hydrogen-bond acceptors (Lipinski definition) is 3. The first-order chi connectivity index (χ1) is 10.4. The number of rotatable bonds is 4. The van der Waals surface area contributed by atoms with Crippen LogP contribution in [-0.2, 0) is 5.60 Å². The van der Waals surface area contributed by atoms with Gasteiger partial charge in [0.2, 0.25) is 0 Å². The smallest absolute Gasteiger partial charge is 0.319 e. The van der Waals surface area contributed by atoms with Gasteiger partial charge in [0.1, 0.15) is 11.4 Å². The Bertz CT molecular complexity index is 662. The van der Waals surface area contributed by atoms with Crippen molar-refractivity contribution in [3.63, 3.8) is 0 Å². The van der Waals surface area contributed by atoms with Crippen LogP contribution < -0.4 is 10.6 Å². The second-order valence-corrected chi connectivity index (χ2v) is 5.29. The Morgan fingerprint density at radius 1 is 1.36 bits per heavy atom. The van der Waals surface area contributed by atoms with Crippen LogP contribution in [0.2, 0.25) is 5.15 Å². The summed E-state index contributed by atoms with van der Waals surface area (Å²) in [6.07, 6.45) is 1.50. The quantitative estimate of drug-likeness (QED) is 0.757. The Morgan fingerprint density at radius 3 is 2.68 bits per heavy atom. The van der Waals surface area contributed by atoms with Crippen LogP contribution in [0.5, 0.6) is 0 Å². The van der Waals surface area contributed by atoms with Gasteiger partial charge in [-0.15, -0.1) is 0 Å². The van der Waals surface area contributed by atoms with Crippen molar-refractivity contribution in [3.8, 4) is 0 Å². The average Bonchev–Trinajstić information content (AvgIpc) is 2.48. The van der Waals surface area contributed by atoms with E-state index >= 15 is 0 Å². The summed E-state index contributed by atoms with van der Waals surface area (Å²) in [6, 6.07) is 8.14. The van der Waals surface area contributed by atoms with Crippen LogP contribution in [0.15, 0.2) is 42.6 Å². The molecule has 2 amide bonds. The minimum absolute atomic E-state index is 0.0532. The van der Waals surface area contributed by atoms with Crippen LogP contribution in [0.4, 0.5) is 14.9 Å². The number of aliphatic hydroxyl groups is 1. The average molecular weight is 324 g/mol. The molecule has 116 valence electrons. The number of benzene rings is 1. The highest BCUT2D eigenvalue weighted by atomic mass is 35.5. The van der Waals surface area contributed by atoms with Crippen molar-refractivity contribution in [3.05, 3.63) is 59.1 Å². The summed E-state index contributed by atoms with van der Waals surface area (Å²) in [5.74, 6) is -0.392. The molecule has 2 rings (SSSR count). The number of pyridine rings is 1. The third kappa shape index (κ3) is 4.16. The highest BCUT2D eigenvalue weighted by Crippen LogP contribution is 2.20. The van der Waals surface area contributed by atoms with E-state index in [0.29, 0.717) is 11.3 Å². The van der Waals surface area contributed by atoms with E-state index in [1.807, 2.05) is 0 Å². The second kappa shape index (κ2) is 6.72. The zero-order valence-corrected chi connectivity index (χ0v) is 12.6. The number of urea groups is 1. The molecule has 1 heterocycles. The fourth-order valence-electron chi connectivity index (χ4n) is 1.81. The summed E-state index contributed by atoms with van der Waals surface area (Å²) in [4.78, 5) is 15.7. The maximum absolute atomic E-state index is 12.9. The van der Waals surface area contributed by atoms with Crippen LogP contribution in [-0.4, -0.2) is 22.7 Å². The summed E-state index contributed by atoms with van der Waals surface area (Å²) in [6.45, 7) is 1.47. The first-order valence-corrected chi connectivity index (χ1v) is 6.90. The van der Waals surface area contributed by atoms with Gasteiger partial charge in [-0.2, -0.15) is 0 Å². The van der Waals surface area contributed by atoms with Gasteiger partial charge in [-0.25, -0.2) is 14.2 Å². The standard InChI is InChI=1S/C15H15ClFN3O2/c1-15(22,10-4-6-11(17)7-5-10)9-19-14(21)20-12-3-2-8-18-13(12)16/h2-8,22H,9H2,1H3,(H2,19,20,21). The fraction of sp³-hybridized carbons (Fsp3) is 0.200. The van der Waals surface area contributed by atoms with E-state index in [2.05, 4.69) is 15.6 Å². The van der Waals surface area contributed by atoms with Crippen molar-refractivity contribution in [2.24, 2.45) is 0 Å². The molecule has 0 bridgehead atoms. The van der Waals surface area contributed by atoms with E-state index < -0.39 is 17.4 Å². The normalized spacial score (nSPS) is 13.3. The molecule has 0 aliphatic carbocycles. The molecular weight excluding hydrogens is 309 g/mol. The summed E-state index contributed by atoms with van der Waals surface area (Å²) in [5, 5.41) is 15.6. The molecule has 0 spiro atoms. The Hall–Kier alpha value is -2.18. The number of carbonyl (C=O) groups excluding carboxylic acids is 1. The van der Waals surface area contributed by atoms with Gasteiger partial charge in [0, 0.05) is 6.20 Å². The summed E-state index contributed by atoms with van der Waals surface area (Å²) in [5.41, 5.74) is -0.472.